The summed E-state index contributed by atoms with van der Waals surface area (Å²) >= 11 is 1.12. The lowest BCUT2D eigenvalue weighted by atomic mass is 9.72. The summed E-state index contributed by atoms with van der Waals surface area (Å²) in [5.41, 5.74) is -0.896. The SMILES string of the molecule is C=CCOC(=O)[C@@H]1C[C@]2([C@@H](C)Cc3cc(F)c(SC)cc3F)OCOC2=CC1=O. The van der Waals surface area contributed by atoms with Crippen LogP contribution in [0.4, 0.5) is 8.78 Å². The predicted octanol–water partition coefficient (Wildman–Crippen LogP) is 3.81. The summed E-state index contributed by atoms with van der Waals surface area (Å²) in [6.07, 6.45) is 4.49. The van der Waals surface area contributed by atoms with E-state index in [1.54, 1.807) is 13.2 Å². The van der Waals surface area contributed by atoms with E-state index in [1.807, 2.05) is 0 Å². The van der Waals surface area contributed by atoms with Crippen LogP contribution in [0.2, 0.25) is 0 Å². The molecule has 0 amide bonds. The first-order valence-electron chi connectivity index (χ1n) is 9.14. The van der Waals surface area contributed by atoms with Gasteiger partial charge in [-0.05, 0) is 36.3 Å². The molecule has 1 aliphatic carbocycles. The molecule has 1 aromatic rings. The minimum absolute atomic E-state index is 0.00856. The third-order valence-corrected chi connectivity index (χ3v) is 6.10. The predicted molar refractivity (Wildman–Crippen MR) is 103 cm³/mol. The van der Waals surface area contributed by atoms with Gasteiger partial charge in [-0.25, -0.2) is 8.78 Å². The van der Waals surface area contributed by atoms with Gasteiger partial charge in [-0.2, -0.15) is 0 Å². The van der Waals surface area contributed by atoms with Crippen LogP contribution < -0.4 is 0 Å². The van der Waals surface area contributed by atoms with Crippen molar-refractivity contribution in [3.63, 3.8) is 0 Å². The maximum Gasteiger partial charge on any atom is 0.317 e. The van der Waals surface area contributed by atoms with Crippen LogP contribution in [0.3, 0.4) is 0 Å². The molecule has 156 valence electrons. The van der Waals surface area contributed by atoms with Gasteiger partial charge in [0, 0.05) is 17.4 Å². The quantitative estimate of drug-likeness (QED) is 0.287. The number of fused-ring (bicyclic) bond motifs is 1. The highest BCUT2D eigenvalue weighted by molar-refractivity contribution is 7.98. The molecule has 29 heavy (non-hydrogen) atoms. The molecule has 1 aliphatic heterocycles. The molecule has 0 unspecified atom stereocenters. The number of carbonyl (C=O) groups is 2. The molecule has 0 saturated carbocycles. The van der Waals surface area contributed by atoms with E-state index in [0.29, 0.717) is 5.76 Å². The Hall–Kier alpha value is -2.19. The molecule has 1 fully saturated rings. The molecule has 0 spiro atoms. The number of hydrogen-bond donors (Lipinski definition) is 0. The molecule has 1 aromatic carbocycles. The molecule has 2 aliphatic rings. The molecule has 0 radical (unpaired) electrons. The number of allylic oxidation sites excluding steroid dienone is 1. The number of hydrogen-bond acceptors (Lipinski definition) is 6. The molecule has 5 nitrogen and oxygen atoms in total. The smallest absolute Gasteiger partial charge is 0.317 e. The van der Waals surface area contributed by atoms with Crippen LogP contribution in [0.1, 0.15) is 18.9 Å². The fourth-order valence-corrected chi connectivity index (χ4v) is 4.23. The van der Waals surface area contributed by atoms with E-state index >= 15 is 0 Å². The van der Waals surface area contributed by atoms with Gasteiger partial charge in [0.15, 0.2) is 12.6 Å². The average molecular weight is 424 g/mol. The Kier molecular flexibility index (Phi) is 6.43. The second-order valence-electron chi connectivity index (χ2n) is 7.07. The van der Waals surface area contributed by atoms with Crippen molar-refractivity contribution in [3.05, 3.63) is 53.8 Å². The Morgan fingerprint density at radius 3 is 2.90 bits per heavy atom. The number of thioether (sulfide) groups is 1. The molecule has 3 atom stereocenters. The first-order chi connectivity index (χ1) is 13.8. The first-order valence-corrected chi connectivity index (χ1v) is 10.4. The summed E-state index contributed by atoms with van der Waals surface area (Å²) in [6, 6.07) is 2.35. The van der Waals surface area contributed by atoms with Gasteiger partial charge in [0.2, 0.25) is 0 Å². The van der Waals surface area contributed by atoms with Crippen LogP contribution in [-0.2, 0) is 30.2 Å². The fraction of sp³-hybridized carbons (Fsp3) is 0.429. The average Bonchev–Trinajstić information content (AvgIpc) is 3.11. The van der Waals surface area contributed by atoms with E-state index in [2.05, 4.69) is 6.58 Å². The Morgan fingerprint density at radius 2 is 2.21 bits per heavy atom. The molecular weight excluding hydrogens is 402 g/mol. The summed E-state index contributed by atoms with van der Waals surface area (Å²) in [4.78, 5) is 24.9. The monoisotopic (exact) mass is 424 g/mol. The van der Waals surface area contributed by atoms with E-state index in [-0.39, 0.29) is 36.7 Å². The van der Waals surface area contributed by atoms with Crippen molar-refractivity contribution in [1.29, 1.82) is 0 Å². The van der Waals surface area contributed by atoms with E-state index in [1.165, 1.54) is 24.3 Å². The van der Waals surface area contributed by atoms with Gasteiger partial charge >= 0.3 is 5.97 Å². The van der Waals surface area contributed by atoms with Crippen LogP contribution in [0.15, 0.2) is 41.5 Å². The third kappa shape index (κ3) is 4.09. The zero-order chi connectivity index (χ0) is 21.2. The second-order valence-corrected chi connectivity index (χ2v) is 7.91. The number of esters is 1. The van der Waals surface area contributed by atoms with Crippen molar-refractivity contribution in [1.82, 2.24) is 0 Å². The van der Waals surface area contributed by atoms with Crippen LogP contribution >= 0.6 is 11.8 Å². The zero-order valence-corrected chi connectivity index (χ0v) is 17.0. The van der Waals surface area contributed by atoms with Crippen LogP contribution in [0, 0.1) is 23.5 Å². The van der Waals surface area contributed by atoms with Crippen molar-refractivity contribution in [2.75, 3.05) is 19.7 Å². The van der Waals surface area contributed by atoms with Crippen molar-refractivity contribution in [2.45, 2.75) is 30.3 Å². The summed E-state index contributed by atoms with van der Waals surface area (Å²) < 4.78 is 45.0. The molecule has 0 N–H and O–H groups in total. The highest BCUT2D eigenvalue weighted by Gasteiger charge is 2.54. The Balaban J connectivity index is 1.88. The van der Waals surface area contributed by atoms with E-state index in [4.69, 9.17) is 14.2 Å². The van der Waals surface area contributed by atoms with E-state index in [0.717, 1.165) is 11.8 Å². The van der Waals surface area contributed by atoms with Crippen molar-refractivity contribution >= 4 is 23.5 Å². The first kappa shape index (κ1) is 21.5. The minimum atomic E-state index is -1.09. The molecule has 0 bridgehead atoms. The topological polar surface area (TPSA) is 61.8 Å². The van der Waals surface area contributed by atoms with E-state index < -0.39 is 40.8 Å². The summed E-state index contributed by atoms with van der Waals surface area (Å²) in [5.74, 6) is -3.25. The van der Waals surface area contributed by atoms with Gasteiger partial charge in [0.25, 0.3) is 0 Å². The van der Waals surface area contributed by atoms with Gasteiger partial charge in [0.05, 0.1) is 0 Å². The van der Waals surface area contributed by atoms with Crippen LogP contribution in [0.5, 0.6) is 0 Å². The van der Waals surface area contributed by atoms with Crippen molar-refractivity contribution < 1.29 is 32.6 Å². The van der Waals surface area contributed by atoms with Crippen LogP contribution in [0.25, 0.3) is 0 Å². The normalized spacial score (nSPS) is 24.3. The Bertz CT molecular complexity index is 869. The van der Waals surface area contributed by atoms with Gasteiger partial charge in [0.1, 0.15) is 35.5 Å². The molecule has 3 rings (SSSR count). The molecule has 1 heterocycles. The van der Waals surface area contributed by atoms with Crippen molar-refractivity contribution in [3.8, 4) is 0 Å². The maximum atomic E-state index is 14.5. The number of halogens is 2. The van der Waals surface area contributed by atoms with Crippen molar-refractivity contribution in [2.24, 2.45) is 11.8 Å². The number of rotatable bonds is 7. The molecule has 0 aromatic heterocycles. The highest BCUT2D eigenvalue weighted by atomic mass is 32.2. The lowest BCUT2D eigenvalue weighted by molar-refractivity contribution is -0.154. The van der Waals surface area contributed by atoms with Gasteiger partial charge in [-0.3, -0.25) is 9.59 Å². The fourth-order valence-electron chi connectivity index (χ4n) is 3.75. The Labute approximate surface area is 172 Å². The summed E-state index contributed by atoms with van der Waals surface area (Å²) in [6.45, 7) is 5.18. The maximum absolute atomic E-state index is 14.5. The summed E-state index contributed by atoms with van der Waals surface area (Å²) in [5, 5.41) is 0. The van der Waals surface area contributed by atoms with Gasteiger partial charge in [-0.15, -0.1) is 11.8 Å². The number of benzene rings is 1. The Morgan fingerprint density at radius 1 is 1.45 bits per heavy atom. The van der Waals surface area contributed by atoms with Gasteiger partial charge in [-0.1, -0.05) is 19.6 Å². The third-order valence-electron chi connectivity index (χ3n) is 5.34. The second kappa shape index (κ2) is 8.67. The van der Waals surface area contributed by atoms with E-state index in [9.17, 15) is 18.4 Å². The lowest BCUT2D eigenvalue weighted by Gasteiger charge is -2.37. The lowest BCUT2D eigenvalue weighted by Crippen LogP contribution is -2.47. The minimum Gasteiger partial charge on any atom is -0.469 e. The largest absolute Gasteiger partial charge is 0.469 e. The standard InChI is InChI=1S/C21H22F2O5S/c1-4-5-26-20(25)14-10-21(19(9-17(14)24)27-11-28-21)12(2)6-13-7-16(23)18(29-3)8-15(13)22/h4,7-9,12,14H,1,5-6,10-11H2,2-3H3/t12-,14+,21+/m0/s1. The molecule has 1 saturated heterocycles. The highest BCUT2D eigenvalue weighted by Crippen LogP contribution is 2.46. The molecular formula is C21H22F2O5S. The number of carbonyl (C=O) groups excluding carboxylic acids is 2. The molecule has 8 heteroatoms. The van der Waals surface area contributed by atoms with Crippen LogP contribution in [-0.4, -0.2) is 37.0 Å². The zero-order valence-electron chi connectivity index (χ0n) is 16.2. The number of ketones is 1. The van der Waals surface area contributed by atoms with Gasteiger partial charge < -0.3 is 14.2 Å². The number of ether oxygens (including phenoxy) is 3. The summed E-state index contributed by atoms with van der Waals surface area (Å²) in [7, 11) is 0.